The SMILES string of the molecule is COC(=O)NCc1cccn1C. The number of ether oxygens (including phenoxy) is 1. The van der Waals surface area contributed by atoms with Crippen molar-refractivity contribution >= 4 is 6.09 Å². The van der Waals surface area contributed by atoms with Crippen molar-refractivity contribution in [1.82, 2.24) is 9.88 Å². The molecule has 1 aromatic rings. The predicted octanol–water partition coefficient (Wildman–Crippen LogP) is 0.881. The summed E-state index contributed by atoms with van der Waals surface area (Å²) in [5, 5.41) is 2.59. The molecule has 0 aliphatic heterocycles. The number of carbonyl (C=O) groups is 1. The molecule has 0 unspecified atom stereocenters. The molecule has 1 N–H and O–H groups in total. The third-order valence-corrected chi connectivity index (χ3v) is 1.65. The Morgan fingerprint density at radius 1 is 1.75 bits per heavy atom. The molecule has 4 nitrogen and oxygen atoms in total. The van der Waals surface area contributed by atoms with E-state index in [0.29, 0.717) is 6.54 Å². The first-order valence-electron chi connectivity index (χ1n) is 3.66. The molecule has 0 bridgehead atoms. The molecule has 1 heterocycles. The Morgan fingerprint density at radius 3 is 3.00 bits per heavy atom. The van der Waals surface area contributed by atoms with Crippen molar-refractivity contribution in [3.8, 4) is 0 Å². The molecule has 0 saturated heterocycles. The van der Waals surface area contributed by atoms with Crippen LogP contribution in [0.4, 0.5) is 4.79 Å². The quantitative estimate of drug-likeness (QED) is 0.712. The smallest absolute Gasteiger partial charge is 0.407 e. The highest BCUT2D eigenvalue weighted by Crippen LogP contribution is 1.98. The van der Waals surface area contributed by atoms with Crippen LogP contribution in [-0.4, -0.2) is 17.8 Å². The van der Waals surface area contributed by atoms with Gasteiger partial charge in [0.1, 0.15) is 0 Å². The minimum Gasteiger partial charge on any atom is -0.453 e. The van der Waals surface area contributed by atoms with Crippen LogP contribution in [0.2, 0.25) is 0 Å². The van der Waals surface area contributed by atoms with E-state index >= 15 is 0 Å². The number of rotatable bonds is 2. The lowest BCUT2D eigenvalue weighted by atomic mass is 10.4. The fourth-order valence-corrected chi connectivity index (χ4v) is 0.915. The number of aryl methyl sites for hydroxylation is 1. The number of methoxy groups -OCH3 is 1. The topological polar surface area (TPSA) is 43.3 Å². The number of aromatic nitrogens is 1. The minimum absolute atomic E-state index is 0.406. The van der Waals surface area contributed by atoms with E-state index in [1.807, 2.05) is 29.9 Å². The number of amides is 1. The molecular formula is C8H12N2O2. The maximum absolute atomic E-state index is 10.7. The molecule has 0 aliphatic rings. The van der Waals surface area contributed by atoms with Crippen molar-refractivity contribution in [2.75, 3.05) is 7.11 Å². The highest BCUT2D eigenvalue weighted by atomic mass is 16.5. The van der Waals surface area contributed by atoms with Gasteiger partial charge < -0.3 is 14.6 Å². The van der Waals surface area contributed by atoms with E-state index in [1.165, 1.54) is 7.11 Å². The molecule has 66 valence electrons. The molecule has 1 rings (SSSR count). The third-order valence-electron chi connectivity index (χ3n) is 1.65. The van der Waals surface area contributed by atoms with Gasteiger partial charge in [0.15, 0.2) is 0 Å². The fourth-order valence-electron chi connectivity index (χ4n) is 0.915. The van der Waals surface area contributed by atoms with E-state index < -0.39 is 6.09 Å². The molecule has 1 aromatic heterocycles. The van der Waals surface area contributed by atoms with Gasteiger partial charge in [-0.2, -0.15) is 0 Å². The Bertz CT molecular complexity index is 268. The summed E-state index contributed by atoms with van der Waals surface area (Å²) in [6.45, 7) is 0.496. The predicted molar refractivity (Wildman–Crippen MR) is 44.7 cm³/mol. The molecule has 0 atom stereocenters. The highest BCUT2D eigenvalue weighted by Gasteiger charge is 2.00. The zero-order valence-corrected chi connectivity index (χ0v) is 7.20. The van der Waals surface area contributed by atoms with Gasteiger partial charge in [0.05, 0.1) is 13.7 Å². The maximum atomic E-state index is 10.7. The molecule has 0 aromatic carbocycles. The van der Waals surface area contributed by atoms with E-state index in [1.54, 1.807) is 0 Å². The molecule has 4 heteroatoms. The highest BCUT2D eigenvalue weighted by molar-refractivity contribution is 5.66. The van der Waals surface area contributed by atoms with Gasteiger partial charge in [-0.05, 0) is 12.1 Å². The van der Waals surface area contributed by atoms with Gasteiger partial charge in [0.2, 0.25) is 0 Å². The first-order valence-corrected chi connectivity index (χ1v) is 3.66. The summed E-state index contributed by atoms with van der Waals surface area (Å²) in [4.78, 5) is 10.7. The number of hydrogen-bond acceptors (Lipinski definition) is 2. The number of nitrogens with one attached hydrogen (secondary N) is 1. The average Bonchev–Trinajstić information content (AvgIpc) is 2.47. The standard InChI is InChI=1S/C8H12N2O2/c1-10-5-3-4-7(10)6-9-8(11)12-2/h3-5H,6H2,1-2H3,(H,9,11). The zero-order chi connectivity index (χ0) is 8.97. The van der Waals surface area contributed by atoms with Gasteiger partial charge in [0, 0.05) is 18.9 Å². The summed E-state index contributed by atoms with van der Waals surface area (Å²) in [5.74, 6) is 0. The van der Waals surface area contributed by atoms with Crippen molar-refractivity contribution in [3.05, 3.63) is 24.0 Å². The molecular weight excluding hydrogens is 156 g/mol. The van der Waals surface area contributed by atoms with Crippen LogP contribution in [0.25, 0.3) is 0 Å². The number of alkyl carbamates (subject to hydrolysis) is 1. The van der Waals surface area contributed by atoms with Gasteiger partial charge in [-0.3, -0.25) is 0 Å². The van der Waals surface area contributed by atoms with Crippen LogP contribution in [0, 0.1) is 0 Å². The van der Waals surface area contributed by atoms with Gasteiger partial charge in [-0.15, -0.1) is 0 Å². The Kier molecular flexibility index (Phi) is 2.74. The van der Waals surface area contributed by atoms with Crippen molar-refractivity contribution in [1.29, 1.82) is 0 Å². The van der Waals surface area contributed by atoms with Crippen molar-refractivity contribution in [3.63, 3.8) is 0 Å². The van der Waals surface area contributed by atoms with E-state index in [9.17, 15) is 4.79 Å². The Hall–Kier alpha value is -1.45. The van der Waals surface area contributed by atoms with E-state index in [-0.39, 0.29) is 0 Å². The van der Waals surface area contributed by atoms with E-state index in [0.717, 1.165) is 5.69 Å². The zero-order valence-electron chi connectivity index (χ0n) is 7.20. The maximum Gasteiger partial charge on any atom is 0.407 e. The van der Waals surface area contributed by atoms with Crippen LogP contribution < -0.4 is 5.32 Å². The lowest BCUT2D eigenvalue weighted by Crippen LogP contribution is -2.23. The van der Waals surface area contributed by atoms with Crippen LogP contribution in [0.5, 0.6) is 0 Å². The van der Waals surface area contributed by atoms with Gasteiger partial charge in [-0.25, -0.2) is 4.79 Å². The second-order valence-electron chi connectivity index (χ2n) is 2.46. The van der Waals surface area contributed by atoms with Crippen LogP contribution in [0.15, 0.2) is 18.3 Å². The summed E-state index contributed by atoms with van der Waals surface area (Å²) in [6.07, 6.45) is 1.52. The Morgan fingerprint density at radius 2 is 2.50 bits per heavy atom. The summed E-state index contributed by atoms with van der Waals surface area (Å²) < 4.78 is 6.37. The second-order valence-corrected chi connectivity index (χ2v) is 2.46. The fraction of sp³-hybridized carbons (Fsp3) is 0.375. The third kappa shape index (κ3) is 2.02. The monoisotopic (exact) mass is 168 g/mol. The summed E-state index contributed by atoms with van der Waals surface area (Å²) in [5.41, 5.74) is 1.04. The Labute approximate surface area is 71.1 Å². The summed E-state index contributed by atoms with van der Waals surface area (Å²) in [6, 6.07) is 3.87. The molecule has 0 aliphatic carbocycles. The van der Waals surface area contributed by atoms with Gasteiger partial charge in [0.25, 0.3) is 0 Å². The lowest BCUT2D eigenvalue weighted by molar-refractivity contribution is 0.170. The molecule has 0 radical (unpaired) electrons. The normalized spacial score (nSPS) is 9.50. The van der Waals surface area contributed by atoms with Crippen LogP contribution in [-0.2, 0) is 18.3 Å². The molecule has 0 spiro atoms. The number of carbonyl (C=O) groups excluding carboxylic acids is 1. The van der Waals surface area contributed by atoms with E-state index in [4.69, 9.17) is 0 Å². The molecule has 0 fully saturated rings. The largest absolute Gasteiger partial charge is 0.453 e. The average molecular weight is 168 g/mol. The molecule has 1 amide bonds. The van der Waals surface area contributed by atoms with Crippen molar-refractivity contribution < 1.29 is 9.53 Å². The molecule has 12 heavy (non-hydrogen) atoms. The lowest BCUT2D eigenvalue weighted by Gasteiger charge is -2.04. The Balaban J connectivity index is 2.43. The number of nitrogens with zero attached hydrogens (tertiary/aromatic N) is 1. The number of hydrogen-bond donors (Lipinski definition) is 1. The second kappa shape index (κ2) is 3.80. The first-order chi connectivity index (χ1) is 5.74. The van der Waals surface area contributed by atoms with Crippen LogP contribution in [0.3, 0.4) is 0 Å². The molecule has 0 saturated carbocycles. The first kappa shape index (κ1) is 8.64. The van der Waals surface area contributed by atoms with Crippen LogP contribution >= 0.6 is 0 Å². The van der Waals surface area contributed by atoms with Crippen LogP contribution in [0.1, 0.15) is 5.69 Å². The van der Waals surface area contributed by atoms with Crippen molar-refractivity contribution in [2.45, 2.75) is 6.54 Å². The van der Waals surface area contributed by atoms with Gasteiger partial charge >= 0.3 is 6.09 Å². The van der Waals surface area contributed by atoms with E-state index in [2.05, 4.69) is 10.1 Å². The van der Waals surface area contributed by atoms with Gasteiger partial charge in [-0.1, -0.05) is 0 Å². The minimum atomic E-state index is -0.406. The summed E-state index contributed by atoms with van der Waals surface area (Å²) >= 11 is 0. The van der Waals surface area contributed by atoms with Crippen molar-refractivity contribution in [2.24, 2.45) is 7.05 Å². The summed E-state index contributed by atoms with van der Waals surface area (Å²) in [7, 11) is 3.27.